The largest absolute Gasteiger partial charge is 0.497 e. The predicted molar refractivity (Wildman–Crippen MR) is 143 cm³/mol. The molecule has 0 aromatic heterocycles. The minimum atomic E-state index is -3.79. The van der Waals surface area contributed by atoms with Gasteiger partial charge in [0, 0.05) is 12.6 Å². The van der Waals surface area contributed by atoms with Gasteiger partial charge in [-0.25, -0.2) is 8.42 Å². The summed E-state index contributed by atoms with van der Waals surface area (Å²) in [5.41, 5.74) is 1.13. The fourth-order valence-electron chi connectivity index (χ4n) is 4.44. The summed E-state index contributed by atoms with van der Waals surface area (Å²) in [5.74, 6) is 0.512. The van der Waals surface area contributed by atoms with Crippen molar-refractivity contribution in [3.05, 3.63) is 54.1 Å². The van der Waals surface area contributed by atoms with E-state index in [9.17, 15) is 18.0 Å². The zero-order valence-electron chi connectivity index (χ0n) is 22.0. The molecule has 0 radical (unpaired) electrons. The second-order valence-electron chi connectivity index (χ2n) is 9.36. The van der Waals surface area contributed by atoms with Crippen molar-refractivity contribution in [3.63, 3.8) is 0 Å². The topological polar surface area (TPSA) is 105 Å². The second kappa shape index (κ2) is 12.8. The molecule has 0 bridgehead atoms. The molecule has 1 N–H and O–H groups in total. The number of sulfonamides is 1. The number of hydrogen-bond donors (Lipinski definition) is 1. The maximum absolute atomic E-state index is 13.7. The van der Waals surface area contributed by atoms with Crippen molar-refractivity contribution in [2.45, 2.75) is 57.7 Å². The Balaban J connectivity index is 1.86. The van der Waals surface area contributed by atoms with Gasteiger partial charge in [0.1, 0.15) is 24.1 Å². The zero-order chi connectivity index (χ0) is 27.0. The molecule has 1 aliphatic rings. The van der Waals surface area contributed by atoms with E-state index in [4.69, 9.17) is 9.47 Å². The third-order valence-electron chi connectivity index (χ3n) is 6.67. The summed E-state index contributed by atoms with van der Waals surface area (Å²) in [7, 11) is -0.700. The number of carbonyl (C=O) groups is 2. The van der Waals surface area contributed by atoms with Crippen molar-refractivity contribution >= 4 is 27.5 Å². The monoisotopic (exact) mass is 531 g/mol. The molecule has 1 saturated carbocycles. The number of carbonyl (C=O) groups excluding carboxylic acids is 2. The van der Waals surface area contributed by atoms with E-state index in [0.29, 0.717) is 17.2 Å². The first-order chi connectivity index (χ1) is 17.6. The smallest absolute Gasteiger partial charge is 0.244 e. The summed E-state index contributed by atoms with van der Waals surface area (Å²) in [5, 5.41) is 3.09. The molecule has 1 aliphatic carbocycles. The number of methoxy groups -OCH3 is 2. The van der Waals surface area contributed by atoms with Crippen LogP contribution in [0.1, 0.15) is 44.6 Å². The van der Waals surface area contributed by atoms with Gasteiger partial charge in [-0.05, 0) is 61.7 Å². The van der Waals surface area contributed by atoms with Gasteiger partial charge in [0.05, 0.1) is 26.2 Å². The number of rotatable bonds is 11. The molecule has 37 heavy (non-hydrogen) atoms. The Hall–Kier alpha value is -3.27. The summed E-state index contributed by atoms with van der Waals surface area (Å²) < 4.78 is 36.8. The molecule has 2 aromatic carbocycles. The molecule has 202 valence electrons. The predicted octanol–water partition coefficient (Wildman–Crippen LogP) is 3.34. The van der Waals surface area contributed by atoms with Gasteiger partial charge < -0.3 is 19.7 Å². The van der Waals surface area contributed by atoms with Gasteiger partial charge in [-0.1, -0.05) is 31.4 Å². The van der Waals surface area contributed by atoms with Gasteiger partial charge in [0.2, 0.25) is 21.8 Å². The van der Waals surface area contributed by atoms with E-state index in [2.05, 4.69) is 5.32 Å². The molecule has 1 atom stereocenters. The summed E-state index contributed by atoms with van der Waals surface area (Å²) >= 11 is 0. The number of amides is 2. The van der Waals surface area contributed by atoms with Crippen LogP contribution in [0, 0.1) is 0 Å². The Morgan fingerprint density at radius 1 is 0.946 bits per heavy atom. The van der Waals surface area contributed by atoms with E-state index < -0.39 is 28.5 Å². The summed E-state index contributed by atoms with van der Waals surface area (Å²) in [6, 6.07) is 12.9. The third-order valence-corrected chi connectivity index (χ3v) is 7.81. The number of nitrogens with one attached hydrogen (secondary N) is 1. The lowest BCUT2D eigenvalue weighted by Gasteiger charge is -2.33. The number of benzene rings is 2. The molecule has 2 aromatic rings. The Morgan fingerprint density at radius 2 is 1.49 bits per heavy atom. The highest BCUT2D eigenvalue weighted by Gasteiger charge is 2.31. The lowest BCUT2D eigenvalue weighted by atomic mass is 9.95. The first kappa shape index (κ1) is 28.3. The number of nitrogens with zero attached hydrogens (tertiary/aromatic N) is 2. The Morgan fingerprint density at radius 3 is 2.00 bits per heavy atom. The van der Waals surface area contributed by atoms with Gasteiger partial charge in [-0.15, -0.1) is 0 Å². The van der Waals surface area contributed by atoms with Crippen LogP contribution in [0.3, 0.4) is 0 Å². The Bertz CT molecular complexity index is 1150. The average molecular weight is 532 g/mol. The van der Waals surface area contributed by atoms with E-state index in [1.165, 1.54) is 12.0 Å². The van der Waals surface area contributed by atoms with Crippen LogP contribution < -0.4 is 19.1 Å². The van der Waals surface area contributed by atoms with Crippen molar-refractivity contribution < 1.29 is 27.5 Å². The number of hydrogen-bond acceptors (Lipinski definition) is 6. The Kier molecular flexibility index (Phi) is 9.79. The molecular weight excluding hydrogens is 494 g/mol. The SMILES string of the molecule is COc1ccc(CN(C(=O)CN(c2ccc(OC)cc2)S(C)(=O)=O)[C@@H](C)C(=O)NC2CCCCC2)cc1. The highest BCUT2D eigenvalue weighted by atomic mass is 32.2. The average Bonchev–Trinajstić information content (AvgIpc) is 2.90. The van der Waals surface area contributed by atoms with E-state index in [1.807, 2.05) is 12.1 Å². The number of anilines is 1. The molecule has 1 fully saturated rings. The summed E-state index contributed by atoms with van der Waals surface area (Å²) in [6.07, 6.45) is 6.20. The minimum Gasteiger partial charge on any atom is -0.497 e. The maximum Gasteiger partial charge on any atom is 0.244 e. The van der Waals surface area contributed by atoms with Crippen LogP contribution >= 0.6 is 0 Å². The fourth-order valence-corrected chi connectivity index (χ4v) is 5.29. The van der Waals surface area contributed by atoms with E-state index >= 15 is 0 Å². The van der Waals surface area contributed by atoms with Crippen LogP contribution in [0.2, 0.25) is 0 Å². The third kappa shape index (κ3) is 7.85. The highest BCUT2D eigenvalue weighted by Crippen LogP contribution is 2.23. The molecule has 10 heteroatoms. The zero-order valence-corrected chi connectivity index (χ0v) is 22.8. The molecular formula is C27H37N3O6S. The number of ether oxygens (including phenoxy) is 2. The van der Waals surface area contributed by atoms with Crippen LogP contribution in [-0.4, -0.2) is 64.2 Å². The first-order valence-electron chi connectivity index (χ1n) is 12.5. The molecule has 0 spiro atoms. The lowest BCUT2D eigenvalue weighted by Crippen LogP contribution is -2.52. The van der Waals surface area contributed by atoms with Gasteiger partial charge >= 0.3 is 0 Å². The van der Waals surface area contributed by atoms with Crippen LogP contribution in [0.5, 0.6) is 11.5 Å². The van der Waals surface area contributed by atoms with Crippen LogP contribution in [0.4, 0.5) is 5.69 Å². The van der Waals surface area contributed by atoms with Gasteiger partial charge in [0.25, 0.3) is 0 Å². The summed E-state index contributed by atoms with van der Waals surface area (Å²) in [6.45, 7) is 1.38. The van der Waals surface area contributed by atoms with Crippen molar-refractivity contribution in [2.24, 2.45) is 0 Å². The fraction of sp³-hybridized carbons (Fsp3) is 0.481. The molecule has 9 nitrogen and oxygen atoms in total. The molecule has 0 saturated heterocycles. The van der Waals surface area contributed by atoms with Crippen molar-refractivity contribution in [3.8, 4) is 11.5 Å². The minimum absolute atomic E-state index is 0.0912. The highest BCUT2D eigenvalue weighted by molar-refractivity contribution is 7.92. The lowest BCUT2D eigenvalue weighted by molar-refractivity contribution is -0.139. The standard InChI is InChI=1S/C27H37N3O6S/c1-20(27(32)28-22-8-6-5-7-9-22)29(18-21-10-14-24(35-2)15-11-21)26(31)19-30(37(4,33)34)23-12-16-25(36-3)17-13-23/h10-17,20,22H,5-9,18-19H2,1-4H3,(H,28,32)/t20-/m0/s1. The van der Waals surface area contributed by atoms with Gasteiger partial charge in [-0.3, -0.25) is 13.9 Å². The molecule has 0 aliphatic heterocycles. The van der Waals surface area contributed by atoms with E-state index in [-0.39, 0.29) is 18.5 Å². The van der Waals surface area contributed by atoms with Gasteiger partial charge in [-0.2, -0.15) is 0 Å². The first-order valence-corrected chi connectivity index (χ1v) is 14.3. The van der Waals surface area contributed by atoms with Crippen LogP contribution in [0.15, 0.2) is 48.5 Å². The van der Waals surface area contributed by atoms with Crippen LogP contribution in [-0.2, 0) is 26.2 Å². The van der Waals surface area contributed by atoms with E-state index in [1.54, 1.807) is 50.4 Å². The second-order valence-corrected chi connectivity index (χ2v) is 11.3. The summed E-state index contributed by atoms with van der Waals surface area (Å²) in [4.78, 5) is 28.3. The van der Waals surface area contributed by atoms with Gasteiger partial charge in [0.15, 0.2) is 0 Å². The Labute approximate surface area is 219 Å². The van der Waals surface area contributed by atoms with Crippen molar-refractivity contribution in [1.29, 1.82) is 0 Å². The van der Waals surface area contributed by atoms with Crippen molar-refractivity contribution in [2.75, 3.05) is 31.3 Å². The molecule has 2 amide bonds. The van der Waals surface area contributed by atoms with E-state index in [0.717, 1.165) is 48.2 Å². The van der Waals surface area contributed by atoms with Crippen LogP contribution in [0.25, 0.3) is 0 Å². The van der Waals surface area contributed by atoms with Crippen molar-refractivity contribution in [1.82, 2.24) is 10.2 Å². The quantitative estimate of drug-likeness (QED) is 0.477. The normalized spacial score (nSPS) is 14.9. The molecule has 0 unspecified atom stereocenters. The molecule has 3 rings (SSSR count). The maximum atomic E-state index is 13.7. The molecule has 0 heterocycles.